The first-order valence-electron chi connectivity index (χ1n) is 6.27. The highest BCUT2D eigenvalue weighted by Crippen LogP contribution is 2.24. The zero-order valence-electron chi connectivity index (χ0n) is 11.8. The van der Waals surface area contributed by atoms with E-state index in [0.717, 1.165) is 0 Å². The maximum absolute atomic E-state index is 11.1. The second-order valence-corrected chi connectivity index (χ2v) is 4.51. The van der Waals surface area contributed by atoms with Gasteiger partial charge in [-0.25, -0.2) is 4.79 Å². The van der Waals surface area contributed by atoms with Crippen LogP contribution in [0.1, 0.15) is 24.2 Å². The van der Waals surface area contributed by atoms with E-state index in [-0.39, 0.29) is 30.6 Å². The molecule has 0 saturated heterocycles. The summed E-state index contributed by atoms with van der Waals surface area (Å²) in [6.07, 6.45) is -0.804. The van der Waals surface area contributed by atoms with Crippen LogP contribution in [0, 0.1) is 0 Å². The molecule has 0 bridgehead atoms. The highest BCUT2D eigenvalue weighted by Gasteiger charge is 2.14. The number of methoxy groups -OCH3 is 1. The Morgan fingerprint density at radius 2 is 2.00 bits per heavy atom. The number of benzene rings is 1. The lowest BCUT2D eigenvalue weighted by molar-refractivity contribution is -0.0124. The molecule has 1 unspecified atom stereocenters. The number of hydrogen-bond acceptors (Lipinski definition) is 5. The number of carboxylic acids is 1. The van der Waals surface area contributed by atoms with E-state index >= 15 is 0 Å². The first kappa shape index (κ1) is 16.3. The number of aliphatic hydroxyl groups is 1. The maximum Gasteiger partial charge on any atom is 0.339 e. The van der Waals surface area contributed by atoms with E-state index < -0.39 is 12.1 Å². The highest BCUT2D eigenvalue weighted by molar-refractivity contribution is 5.91. The van der Waals surface area contributed by atoms with Crippen molar-refractivity contribution in [3.05, 3.63) is 23.8 Å². The topological polar surface area (TPSA) is 85.2 Å². The van der Waals surface area contributed by atoms with Gasteiger partial charge in [0.25, 0.3) is 0 Å². The third-order valence-electron chi connectivity index (χ3n) is 2.47. The van der Waals surface area contributed by atoms with Crippen LogP contribution in [0.15, 0.2) is 18.2 Å². The Morgan fingerprint density at radius 1 is 1.30 bits per heavy atom. The molecule has 0 spiro atoms. The van der Waals surface area contributed by atoms with E-state index in [4.69, 9.17) is 19.3 Å². The molecule has 1 aromatic rings. The van der Waals surface area contributed by atoms with Gasteiger partial charge in [0.05, 0.1) is 19.8 Å². The summed E-state index contributed by atoms with van der Waals surface area (Å²) in [6, 6.07) is 4.46. The van der Waals surface area contributed by atoms with Crippen LogP contribution < -0.4 is 9.47 Å². The minimum absolute atomic E-state index is 0.0127. The Labute approximate surface area is 117 Å². The van der Waals surface area contributed by atoms with Crippen molar-refractivity contribution in [2.24, 2.45) is 0 Å². The third-order valence-corrected chi connectivity index (χ3v) is 2.47. The average molecular weight is 284 g/mol. The summed E-state index contributed by atoms with van der Waals surface area (Å²) < 4.78 is 15.5. The fourth-order valence-electron chi connectivity index (χ4n) is 1.47. The first-order chi connectivity index (χ1) is 9.43. The van der Waals surface area contributed by atoms with E-state index in [1.807, 2.05) is 13.8 Å². The number of hydrogen-bond donors (Lipinski definition) is 2. The standard InChI is InChI=1S/C14H20O6/c1-9(2)19-7-10(15)8-20-13-5-4-11(18-3)6-12(13)14(16)17/h4-6,9-10,15H,7-8H2,1-3H3,(H,16,17). The minimum atomic E-state index is -1.12. The quantitative estimate of drug-likeness (QED) is 0.753. The Morgan fingerprint density at radius 3 is 2.55 bits per heavy atom. The van der Waals surface area contributed by atoms with Crippen molar-refractivity contribution in [2.75, 3.05) is 20.3 Å². The van der Waals surface area contributed by atoms with E-state index in [9.17, 15) is 9.90 Å². The van der Waals surface area contributed by atoms with E-state index in [0.29, 0.717) is 5.75 Å². The summed E-state index contributed by atoms with van der Waals surface area (Å²) in [5, 5.41) is 18.8. The molecule has 0 aliphatic heterocycles. The molecule has 2 N–H and O–H groups in total. The van der Waals surface area contributed by atoms with Crippen LogP contribution in [-0.4, -0.2) is 48.7 Å². The van der Waals surface area contributed by atoms with Gasteiger partial charge in [-0.15, -0.1) is 0 Å². The predicted octanol–water partition coefficient (Wildman–Crippen LogP) is 1.56. The van der Waals surface area contributed by atoms with E-state index in [2.05, 4.69) is 0 Å². The summed E-state index contributed by atoms with van der Waals surface area (Å²) in [7, 11) is 1.45. The van der Waals surface area contributed by atoms with Crippen molar-refractivity contribution in [2.45, 2.75) is 26.1 Å². The average Bonchev–Trinajstić information content (AvgIpc) is 2.42. The van der Waals surface area contributed by atoms with Crippen molar-refractivity contribution in [3.8, 4) is 11.5 Å². The second kappa shape index (κ2) is 7.72. The summed E-state index contributed by atoms with van der Waals surface area (Å²) in [6.45, 7) is 3.81. The van der Waals surface area contributed by atoms with Gasteiger partial charge >= 0.3 is 5.97 Å². The van der Waals surface area contributed by atoms with Gasteiger partial charge in [0.15, 0.2) is 0 Å². The Kier molecular flexibility index (Phi) is 6.27. The summed E-state index contributed by atoms with van der Waals surface area (Å²) in [5.74, 6) is -0.507. The lowest BCUT2D eigenvalue weighted by atomic mass is 10.2. The molecule has 20 heavy (non-hydrogen) atoms. The molecular weight excluding hydrogens is 264 g/mol. The third kappa shape index (κ3) is 5.07. The van der Waals surface area contributed by atoms with Crippen LogP contribution in [0.4, 0.5) is 0 Å². The van der Waals surface area contributed by atoms with Gasteiger partial charge in [0.2, 0.25) is 0 Å². The molecule has 0 amide bonds. The largest absolute Gasteiger partial charge is 0.497 e. The number of rotatable bonds is 8. The number of aromatic carboxylic acids is 1. The summed E-state index contributed by atoms with van der Waals surface area (Å²) in [4.78, 5) is 11.1. The smallest absolute Gasteiger partial charge is 0.339 e. The number of ether oxygens (including phenoxy) is 3. The molecule has 0 aromatic heterocycles. The fraction of sp³-hybridized carbons (Fsp3) is 0.500. The van der Waals surface area contributed by atoms with Gasteiger partial charge < -0.3 is 24.4 Å². The Bertz CT molecular complexity index is 443. The lowest BCUT2D eigenvalue weighted by Gasteiger charge is -2.15. The van der Waals surface area contributed by atoms with Crippen molar-refractivity contribution < 1.29 is 29.2 Å². The molecule has 1 rings (SSSR count). The Balaban J connectivity index is 2.65. The van der Waals surface area contributed by atoms with Crippen LogP contribution in [0.2, 0.25) is 0 Å². The predicted molar refractivity (Wildman–Crippen MR) is 72.5 cm³/mol. The van der Waals surface area contributed by atoms with Gasteiger partial charge in [-0.1, -0.05) is 0 Å². The highest BCUT2D eigenvalue weighted by atomic mass is 16.5. The first-order valence-corrected chi connectivity index (χ1v) is 6.27. The number of carboxylic acid groups (broad SMARTS) is 1. The monoisotopic (exact) mass is 284 g/mol. The zero-order chi connectivity index (χ0) is 15.1. The van der Waals surface area contributed by atoms with E-state index in [1.54, 1.807) is 6.07 Å². The maximum atomic E-state index is 11.1. The zero-order valence-corrected chi connectivity index (χ0v) is 11.8. The molecule has 0 aliphatic rings. The van der Waals surface area contributed by atoms with Crippen molar-refractivity contribution in [1.29, 1.82) is 0 Å². The molecule has 0 radical (unpaired) electrons. The molecule has 112 valence electrons. The molecule has 0 fully saturated rings. The lowest BCUT2D eigenvalue weighted by Crippen LogP contribution is -2.25. The normalized spacial score (nSPS) is 12.2. The van der Waals surface area contributed by atoms with Crippen LogP contribution in [0.25, 0.3) is 0 Å². The van der Waals surface area contributed by atoms with Gasteiger partial charge in [-0.2, -0.15) is 0 Å². The van der Waals surface area contributed by atoms with Crippen LogP contribution >= 0.6 is 0 Å². The van der Waals surface area contributed by atoms with Crippen molar-refractivity contribution in [3.63, 3.8) is 0 Å². The van der Waals surface area contributed by atoms with Crippen LogP contribution in [0.5, 0.6) is 11.5 Å². The number of carbonyl (C=O) groups is 1. The second-order valence-electron chi connectivity index (χ2n) is 4.51. The summed E-state index contributed by atoms with van der Waals surface area (Å²) >= 11 is 0. The van der Waals surface area contributed by atoms with Gasteiger partial charge in [0.1, 0.15) is 29.8 Å². The molecule has 6 nitrogen and oxygen atoms in total. The SMILES string of the molecule is COc1ccc(OCC(O)COC(C)C)c(C(=O)O)c1. The Hall–Kier alpha value is -1.79. The van der Waals surface area contributed by atoms with Gasteiger partial charge in [-0.05, 0) is 32.0 Å². The summed E-state index contributed by atoms with van der Waals surface area (Å²) in [5.41, 5.74) is -0.0127. The molecule has 0 aliphatic carbocycles. The van der Waals surface area contributed by atoms with Crippen LogP contribution in [0.3, 0.4) is 0 Å². The van der Waals surface area contributed by atoms with Gasteiger partial charge in [-0.3, -0.25) is 0 Å². The van der Waals surface area contributed by atoms with Gasteiger partial charge in [0, 0.05) is 0 Å². The molecule has 6 heteroatoms. The van der Waals surface area contributed by atoms with Crippen molar-refractivity contribution >= 4 is 5.97 Å². The van der Waals surface area contributed by atoms with Crippen LogP contribution in [-0.2, 0) is 4.74 Å². The molecule has 0 heterocycles. The van der Waals surface area contributed by atoms with E-state index in [1.165, 1.54) is 19.2 Å². The molecular formula is C14H20O6. The fourth-order valence-corrected chi connectivity index (χ4v) is 1.47. The molecule has 1 aromatic carbocycles. The molecule has 1 atom stereocenters. The minimum Gasteiger partial charge on any atom is -0.497 e. The van der Waals surface area contributed by atoms with Crippen molar-refractivity contribution in [1.82, 2.24) is 0 Å². The number of aliphatic hydroxyl groups excluding tert-OH is 1. The molecule has 0 saturated carbocycles.